The summed E-state index contributed by atoms with van der Waals surface area (Å²) >= 11 is 0. The lowest BCUT2D eigenvalue weighted by Gasteiger charge is -2.17. The van der Waals surface area contributed by atoms with Gasteiger partial charge in [-0.15, -0.1) is 0 Å². The van der Waals surface area contributed by atoms with Crippen molar-refractivity contribution in [3.05, 3.63) is 0 Å². The van der Waals surface area contributed by atoms with Crippen molar-refractivity contribution in [1.29, 1.82) is 0 Å². The van der Waals surface area contributed by atoms with Gasteiger partial charge in [-0.1, -0.05) is 20.8 Å². The normalized spacial score (nSPS) is 11.6. The van der Waals surface area contributed by atoms with Gasteiger partial charge in [0.05, 0.1) is 32.5 Å². The van der Waals surface area contributed by atoms with Crippen LogP contribution >= 0.6 is 0 Å². The van der Waals surface area contributed by atoms with Gasteiger partial charge in [-0.3, -0.25) is 9.59 Å². The summed E-state index contributed by atoms with van der Waals surface area (Å²) in [5.41, 5.74) is -0.381. The summed E-state index contributed by atoms with van der Waals surface area (Å²) in [4.78, 5) is 22.9. The number of amides is 2. The zero-order valence-corrected chi connectivity index (χ0v) is 15.1. The van der Waals surface area contributed by atoms with Crippen LogP contribution in [0.2, 0.25) is 0 Å². The van der Waals surface area contributed by atoms with Crippen molar-refractivity contribution in [3.8, 4) is 0 Å². The van der Waals surface area contributed by atoms with Crippen LogP contribution < -0.4 is 10.6 Å². The molecule has 0 aliphatic rings. The lowest BCUT2D eigenvalue weighted by atomic mass is 9.96. The van der Waals surface area contributed by atoms with Gasteiger partial charge < -0.3 is 24.8 Å². The van der Waals surface area contributed by atoms with Crippen LogP contribution in [-0.4, -0.2) is 64.0 Å². The van der Waals surface area contributed by atoms with E-state index in [-0.39, 0.29) is 29.9 Å². The third kappa shape index (κ3) is 14.2. The first-order valence-corrected chi connectivity index (χ1v) is 8.05. The van der Waals surface area contributed by atoms with Gasteiger partial charge in [0.1, 0.15) is 6.61 Å². The molecule has 2 N–H and O–H groups in total. The van der Waals surface area contributed by atoms with Crippen LogP contribution in [0.15, 0.2) is 0 Å². The Hall–Kier alpha value is -1.18. The molecule has 0 fully saturated rings. The van der Waals surface area contributed by atoms with Gasteiger partial charge in [-0.2, -0.15) is 0 Å². The summed E-state index contributed by atoms with van der Waals surface area (Å²) in [5, 5.41) is 5.50. The van der Waals surface area contributed by atoms with Crippen molar-refractivity contribution in [2.45, 2.75) is 40.7 Å². The lowest BCUT2D eigenvalue weighted by molar-refractivity contribution is -0.129. The van der Waals surface area contributed by atoms with Crippen LogP contribution in [0.25, 0.3) is 0 Å². The van der Waals surface area contributed by atoms with Gasteiger partial charge >= 0.3 is 0 Å². The minimum Gasteiger partial charge on any atom is -0.377 e. The monoisotopic (exact) mass is 332 g/mol. The topological polar surface area (TPSA) is 85.9 Å². The number of carbonyl (C=O) groups is 2. The summed E-state index contributed by atoms with van der Waals surface area (Å²) in [6, 6.07) is 0. The van der Waals surface area contributed by atoms with Gasteiger partial charge in [0.25, 0.3) is 0 Å². The van der Waals surface area contributed by atoms with Crippen molar-refractivity contribution in [2.75, 3.05) is 46.1 Å². The van der Waals surface area contributed by atoms with Gasteiger partial charge in [0.2, 0.25) is 11.8 Å². The maximum atomic E-state index is 11.6. The van der Waals surface area contributed by atoms with Crippen LogP contribution in [0.5, 0.6) is 0 Å². The van der Waals surface area contributed by atoms with Gasteiger partial charge in [-0.25, -0.2) is 0 Å². The van der Waals surface area contributed by atoms with E-state index in [9.17, 15) is 9.59 Å². The van der Waals surface area contributed by atoms with E-state index < -0.39 is 0 Å². The van der Waals surface area contributed by atoms with Crippen LogP contribution in [-0.2, 0) is 23.8 Å². The van der Waals surface area contributed by atoms with E-state index in [4.69, 9.17) is 14.2 Å². The first kappa shape index (κ1) is 21.8. The molecule has 0 aliphatic heterocycles. The minimum atomic E-state index is -0.381. The number of nitrogens with one attached hydrogen (secondary N) is 2. The zero-order valence-electron chi connectivity index (χ0n) is 15.1. The highest BCUT2D eigenvalue weighted by molar-refractivity contribution is 5.81. The molecule has 0 saturated heterocycles. The summed E-state index contributed by atoms with van der Waals surface area (Å²) < 4.78 is 15.8. The fourth-order valence-electron chi connectivity index (χ4n) is 1.38. The van der Waals surface area contributed by atoms with Crippen molar-refractivity contribution >= 4 is 11.8 Å². The van der Waals surface area contributed by atoms with E-state index >= 15 is 0 Å². The molecule has 7 heteroatoms. The van der Waals surface area contributed by atoms with Gasteiger partial charge in [-0.05, 0) is 13.8 Å². The summed E-state index contributed by atoms with van der Waals surface area (Å²) in [7, 11) is 0. The molecule has 7 nitrogen and oxygen atoms in total. The minimum absolute atomic E-state index is 0.00883. The van der Waals surface area contributed by atoms with Crippen molar-refractivity contribution < 1.29 is 23.8 Å². The van der Waals surface area contributed by atoms with Crippen molar-refractivity contribution in [3.63, 3.8) is 0 Å². The Morgan fingerprint density at radius 1 is 0.913 bits per heavy atom. The number of ether oxygens (including phenoxy) is 3. The fraction of sp³-hybridized carbons (Fsp3) is 0.875. The number of rotatable bonds is 12. The molecule has 0 unspecified atom stereocenters. The molecule has 0 heterocycles. The second-order valence-electron chi connectivity index (χ2n) is 6.44. The molecule has 136 valence electrons. The predicted octanol–water partition coefficient (Wildman–Crippen LogP) is 0.723. The Bertz CT molecular complexity index is 340. The van der Waals surface area contributed by atoms with E-state index in [2.05, 4.69) is 10.6 Å². The Balaban J connectivity index is 3.31. The zero-order chi connectivity index (χ0) is 17.7. The molecule has 23 heavy (non-hydrogen) atoms. The summed E-state index contributed by atoms with van der Waals surface area (Å²) in [6.07, 6.45) is 0.0438. The number of carbonyl (C=O) groups excluding carboxylic acids is 2. The highest BCUT2D eigenvalue weighted by Crippen LogP contribution is 2.11. The highest BCUT2D eigenvalue weighted by Gasteiger charge is 2.20. The number of hydrogen-bond donors (Lipinski definition) is 2. The smallest absolute Gasteiger partial charge is 0.246 e. The molecule has 0 aromatic carbocycles. The standard InChI is InChI=1S/C16H32N2O5/c1-13(2)23-12-14(19)17-6-8-21-10-11-22-9-7-18-15(20)16(3,4)5/h13H,6-12H2,1-5H3,(H,17,19)(H,18,20). The van der Waals surface area contributed by atoms with Crippen molar-refractivity contribution in [1.82, 2.24) is 10.6 Å². The molecule has 0 atom stereocenters. The largest absolute Gasteiger partial charge is 0.377 e. The van der Waals surface area contributed by atoms with Crippen LogP contribution in [0, 0.1) is 5.41 Å². The average Bonchev–Trinajstić information content (AvgIpc) is 2.45. The SMILES string of the molecule is CC(C)OCC(=O)NCCOCCOCCNC(=O)C(C)(C)C. The third-order valence-electron chi connectivity index (χ3n) is 2.70. The number of hydrogen-bond acceptors (Lipinski definition) is 5. The molecule has 0 radical (unpaired) electrons. The molecule has 2 amide bonds. The molecule has 0 aromatic heterocycles. The first-order chi connectivity index (χ1) is 10.7. The molecular weight excluding hydrogens is 300 g/mol. The first-order valence-electron chi connectivity index (χ1n) is 8.05. The molecule has 0 bridgehead atoms. The Morgan fingerprint density at radius 3 is 1.91 bits per heavy atom. The predicted molar refractivity (Wildman–Crippen MR) is 88.2 cm³/mol. The fourth-order valence-corrected chi connectivity index (χ4v) is 1.38. The molecule has 0 aliphatic carbocycles. The molecule has 0 spiro atoms. The van der Waals surface area contributed by atoms with E-state index in [1.54, 1.807) is 0 Å². The Morgan fingerprint density at radius 2 is 1.43 bits per heavy atom. The highest BCUT2D eigenvalue weighted by atomic mass is 16.5. The maximum absolute atomic E-state index is 11.6. The second kappa shape index (κ2) is 12.3. The average molecular weight is 332 g/mol. The maximum Gasteiger partial charge on any atom is 0.246 e. The summed E-state index contributed by atoms with van der Waals surface area (Å²) in [6.45, 7) is 12.1. The third-order valence-corrected chi connectivity index (χ3v) is 2.70. The van der Waals surface area contributed by atoms with Crippen molar-refractivity contribution in [2.24, 2.45) is 5.41 Å². The summed E-state index contributed by atoms with van der Waals surface area (Å²) in [5.74, 6) is -0.136. The van der Waals surface area contributed by atoms with Crippen LogP contribution in [0.3, 0.4) is 0 Å². The van der Waals surface area contributed by atoms with Crippen LogP contribution in [0.1, 0.15) is 34.6 Å². The lowest BCUT2D eigenvalue weighted by Crippen LogP contribution is -2.36. The van der Waals surface area contributed by atoms with Gasteiger partial charge in [0.15, 0.2) is 0 Å². The Kier molecular flexibility index (Phi) is 11.6. The molecular formula is C16H32N2O5. The van der Waals surface area contributed by atoms with E-state index in [0.29, 0.717) is 39.5 Å². The quantitative estimate of drug-likeness (QED) is 0.515. The molecule has 0 rings (SSSR count). The second-order valence-corrected chi connectivity index (χ2v) is 6.44. The van der Waals surface area contributed by atoms with E-state index in [1.807, 2.05) is 34.6 Å². The molecule has 0 aromatic rings. The van der Waals surface area contributed by atoms with Crippen LogP contribution in [0.4, 0.5) is 0 Å². The Labute approximate surface area is 139 Å². The van der Waals surface area contributed by atoms with E-state index in [0.717, 1.165) is 0 Å². The van der Waals surface area contributed by atoms with Gasteiger partial charge in [0, 0.05) is 18.5 Å². The molecule has 0 saturated carbocycles. The van der Waals surface area contributed by atoms with E-state index in [1.165, 1.54) is 0 Å².